The van der Waals surface area contributed by atoms with Crippen molar-refractivity contribution < 1.29 is 17.9 Å². The first kappa shape index (κ1) is 24.4. The van der Waals surface area contributed by atoms with Gasteiger partial charge in [-0.05, 0) is 50.3 Å². The number of likely N-dealkylation sites (tertiary alicyclic amines) is 1. The van der Waals surface area contributed by atoms with E-state index in [0.717, 1.165) is 16.8 Å². The molecule has 3 aromatic rings. The van der Waals surface area contributed by atoms with Crippen molar-refractivity contribution in [1.82, 2.24) is 20.0 Å². The van der Waals surface area contributed by atoms with Crippen LogP contribution in [0.5, 0.6) is 0 Å². The summed E-state index contributed by atoms with van der Waals surface area (Å²) in [5.41, 5.74) is 2.54. The van der Waals surface area contributed by atoms with Crippen LogP contribution in [0.3, 0.4) is 0 Å². The second kappa shape index (κ2) is 9.13. The average molecular weight is 537 g/mol. The van der Waals surface area contributed by atoms with E-state index in [1.807, 2.05) is 19.2 Å². The first-order valence-corrected chi connectivity index (χ1v) is 13.5. The van der Waals surface area contributed by atoms with Crippen LogP contribution in [0.2, 0.25) is 4.34 Å². The summed E-state index contributed by atoms with van der Waals surface area (Å²) in [7, 11) is 0. The molecule has 10 heteroatoms. The molecular formula is C26H28ClF3N4OS. The molecule has 0 atom stereocenters. The number of benzene rings is 1. The molecule has 1 saturated heterocycles. The molecule has 1 saturated carbocycles. The van der Waals surface area contributed by atoms with Gasteiger partial charge < -0.3 is 10.1 Å². The fraction of sp³-hybridized carbons (Fsp3) is 0.500. The van der Waals surface area contributed by atoms with Gasteiger partial charge in [-0.15, -0.1) is 11.3 Å². The van der Waals surface area contributed by atoms with Crippen molar-refractivity contribution in [3.8, 4) is 5.69 Å². The molecule has 1 N–H and O–H groups in total. The maximum atomic E-state index is 14.9. The lowest BCUT2D eigenvalue weighted by molar-refractivity contribution is -0.182. The summed E-state index contributed by atoms with van der Waals surface area (Å²) in [6.07, 6.45) is 5.48. The van der Waals surface area contributed by atoms with E-state index in [9.17, 15) is 13.2 Å². The van der Waals surface area contributed by atoms with Crippen molar-refractivity contribution in [3.63, 3.8) is 0 Å². The van der Waals surface area contributed by atoms with Gasteiger partial charge in [0.05, 0.1) is 10.0 Å². The van der Waals surface area contributed by atoms with Crippen LogP contribution in [0.25, 0.3) is 5.69 Å². The van der Waals surface area contributed by atoms with E-state index in [2.05, 4.69) is 15.3 Å². The molecule has 2 fully saturated rings. The van der Waals surface area contributed by atoms with E-state index >= 15 is 0 Å². The average Bonchev–Trinajstić information content (AvgIpc) is 3.48. The lowest BCUT2D eigenvalue weighted by Gasteiger charge is -2.45. The van der Waals surface area contributed by atoms with E-state index in [-0.39, 0.29) is 11.4 Å². The second-order valence-corrected chi connectivity index (χ2v) is 11.8. The number of halogens is 4. The number of hydrogen-bond acceptors (Lipinski definition) is 5. The predicted octanol–water partition coefficient (Wildman–Crippen LogP) is 5.90. The Morgan fingerprint density at radius 2 is 2.00 bits per heavy atom. The number of nitrogens with zero attached hydrogens (tertiary/aromatic N) is 3. The Hall–Kier alpha value is -1.91. The Balaban J connectivity index is 1.18. The van der Waals surface area contributed by atoms with E-state index in [0.29, 0.717) is 60.0 Å². The highest BCUT2D eigenvalue weighted by molar-refractivity contribution is 7.16. The molecule has 1 aliphatic carbocycles. The first-order chi connectivity index (χ1) is 17.2. The number of ether oxygens (including phenoxy) is 1. The van der Waals surface area contributed by atoms with Crippen LogP contribution < -0.4 is 5.32 Å². The normalized spacial score (nSPS) is 21.1. The molecular weight excluding hydrogens is 509 g/mol. The van der Waals surface area contributed by atoms with Gasteiger partial charge in [-0.2, -0.15) is 13.9 Å². The van der Waals surface area contributed by atoms with Gasteiger partial charge in [-0.3, -0.25) is 4.90 Å². The van der Waals surface area contributed by atoms with Gasteiger partial charge in [0.2, 0.25) is 0 Å². The molecule has 0 bridgehead atoms. The fourth-order valence-electron chi connectivity index (χ4n) is 5.29. The third-order valence-corrected chi connectivity index (χ3v) is 9.01. The zero-order chi connectivity index (χ0) is 25.1. The molecule has 4 heterocycles. The first-order valence-electron chi connectivity index (χ1n) is 12.3. The van der Waals surface area contributed by atoms with Crippen LogP contribution in [0.15, 0.2) is 30.5 Å². The van der Waals surface area contributed by atoms with Crippen molar-refractivity contribution in [2.45, 2.75) is 63.3 Å². The molecule has 36 heavy (non-hydrogen) atoms. The van der Waals surface area contributed by atoms with Crippen LogP contribution in [-0.4, -0.2) is 40.4 Å². The minimum absolute atomic E-state index is 0.0196. The maximum Gasteiger partial charge on any atom is 0.297 e. The van der Waals surface area contributed by atoms with Gasteiger partial charge in [0, 0.05) is 54.4 Å². The summed E-state index contributed by atoms with van der Waals surface area (Å²) >= 11 is 7.33. The molecule has 1 aromatic carbocycles. The quantitative estimate of drug-likeness (QED) is 0.426. The minimum Gasteiger partial charge on any atom is -0.363 e. The van der Waals surface area contributed by atoms with E-state index in [4.69, 9.17) is 16.3 Å². The van der Waals surface area contributed by atoms with Crippen molar-refractivity contribution in [2.24, 2.45) is 0 Å². The number of rotatable bonds is 6. The number of nitrogens with one attached hydrogen (secondary N) is 1. The van der Waals surface area contributed by atoms with Crippen molar-refractivity contribution in [3.05, 3.63) is 67.9 Å². The molecule has 6 rings (SSSR count). The molecule has 2 aliphatic heterocycles. The monoisotopic (exact) mass is 536 g/mol. The summed E-state index contributed by atoms with van der Waals surface area (Å²) < 4.78 is 51.6. The number of piperidine rings is 1. The summed E-state index contributed by atoms with van der Waals surface area (Å²) in [4.78, 5) is 2.85. The molecule has 3 aliphatic rings. The van der Waals surface area contributed by atoms with Gasteiger partial charge in [0.1, 0.15) is 23.7 Å². The number of hydrogen-bond donors (Lipinski definition) is 1. The molecule has 192 valence electrons. The predicted molar refractivity (Wildman–Crippen MR) is 133 cm³/mol. The maximum absolute atomic E-state index is 14.9. The van der Waals surface area contributed by atoms with Crippen molar-refractivity contribution in [1.29, 1.82) is 0 Å². The molecule has 0 amide bonds. The summed E-state index contributed by atoms with van der Waals surface area (Å²) in [6, 6.07) is 7.06. The van der Waals surface area contributed by atoms with Gasteiger partial charge >= 0.3 is 0 Å². The SMILES string of the molecule is Cc1nn(-c2c(F)cccc2CNC2CC2)cc1CN1CCC2(CC1)OCC(F)(F)c1cc(Cl)sc12. The van der Waals surface area contributed by atoms with Crippen LogP contribution >= 0.6 is 22.9 Å². The van der Waals surface area contributed by atoms with E-state index < -0.39 is 18.1 Å². The smallest absolute Gasteiger partial charge is 0.297 e. The zero-order valence-electron chi connectivity index (χ0n) is 20.0. The van der Waals surface area contributed by atoms with E-state index in [1.165, 1.54) is 36.3 Å². The Morgan fingerprint density at radius 3 is 2.75 bits per heavy atom. The number of aromatic nitrogens is 2. The lowest BCUT2D eigenvalue weighted by atomic mass is 9.84. The summed E-state index contributed by atoms with van der Waals surface area (Å²) in [5, 5.41) is 8.10. The van der Waals surface area contributed by atoms with Gasteiger partial charge in [0.25, 0.3) is 5.92 Å². The van der Waals surface area contributed by atoms with Gasteiger partial charge in [-0.25, -0.2) is 9.07 Å². The molecule has 0 unspecified atom stereocenters. The highest BCUT2D eigenvalue weighted by Gasteiger charge is 2.51. The Kier molecular flexibility index (Phi) is 6.20. The number of alkyl halides is 2. The molecule has 2 aromatic heterocycles. The number of thiophene rings is 1. The lowest BCUT2D eigenvalue weighted by Crippen LogP contribution is -2.48. The van der Waals surface area contributed by atoms with Crippen molar-refractivity contribution >= 4 is 22.9 Å². The minimum atomic E-state index is -3.01. The zero-order valence-corrected chi connectivity index (χ0v) is 21.6. The Bertz CT molecular complexity index is 1280. The highest BCUT2D eigenvalue weighted by Crippen LogP contribution is 2.52. The number of para-hydroxylation sites is 1. The van der Waals surface area contributed by atoms with Crippen molar-refractivity contribution in [2.75, 3.05) is 19.7 Å². The van der Waals surface area contributed by atoms with E-state index in [1.54, 1.807) is 10.7 Å². The van der Waals surface area contributed by atoms with Gasteiger partial charge in [-0.1, -0.05) is 23.7 Å². The van der Waals surface area contributed by atoms with Gasteiger partial charge in [0.15, 0.2) is 0 Å². The summed E-state index contributed by atoms with van der Waals surface area (Å²) in [6.45, 7) is 3.98. The highest BCUT2D eigenvalue weighted by atomic mass is 35.5. The topological polar surface area (TPSA) is 42.3 Å². The third-order valence-electron chi connectivity index (χ3n) is 7.56. The third kappa shape index (κ3) is 4.49. The largest absolute Gasteiger partial charge is 0.363 e. The molecule has 0 radical (unpaired) electrons. The fourth-order valence-corrected chi connectivity index (χ4v) is 6.77. The summed E-state index contributed by atoms with van der Waals surface area (Å²) in [5.74, 6) is -3.30. The van der Waals surface area contributed by atoms with Crippen LogP contribution in [0, 0.1) is 12.7 Å². The number of fused-ring (bicyclic) bond motifs is 2. The van der Waals surface area contributed by atoms with Crippen LogP contribution in [0.4, 0.5) is 13.2 Å². The molecule has 5 nitrogen and oxygen atoms in total. The van der Waals surface area contributed by atoms with Crippen LogP contribution in [-0.2, 0) is 29.3 Å². The Morgan fingerprint density at radius 1 is 1.22 bits per heavy atom. The standard InChI is InChI=1S/C26H28ClF3N4OS/c1-16-18(14-34(32-16)23-17(3-2-4-21(23)28)12-31-19-5-6-19)13-33-9-7-25(8-10-33)24-20(11-22(27)36-24)26(29,30)15-35-25/h2-4,11,14,19,31H,5-10,12-13,15H2,1H3. The number of aryl methyl sites for hydroxylation is 1. The second-order valence-electron chi connectivity index (χ2n) is 10.1. The Labute approximate surface area is 217 Å². The molecule has 1 spiro atoms. The van der Waals surface area contributed by atoms with Crippen LogP contribution in [0.1, 0.15) is 52.9 Å².